The fourth-order valence-electron chi connectivity index (χ4n) is 3.88. The van der Waals surface area contributed by atoms with Crippen LogP contribution in [0.25, 0.3) is 0 Å². The molecule has 1 atom stereocenters. The maximum absolute atomic E-state index is 12.8. The molecule has 1 heterocycles. The molecule has 0 amide bonds. The van der Waals surface area contributed by atoms with Gasteiger partial charge in [0.2, 0.25) is 0 Å². The molecule has 5 nitrogen and oxygen atoms in total. The molecule has 1 unspecified atom stereocenters. The van der Waals surface area contributed by atoms with E-state index in [-0.39, 0.29) is 11.8 Å². The van der Waals surface area contributed by atoms with Crippen molar-refractivity contribution in [3.63, 3.8) is 0 Å². The van der Waals surface area contributed by atoms with Crippen molar-refractivity contribution in [2.24, 2.45) is 0 Å². The summed E-state index contributed by atoms with van der Waals surface area (Å²) in [4.78, 5) is 4.39. The Balaban J connectivity index is 1.34. The highest BCUT2D eigenvalue weighted by atomic mass is 32.2. The summed E-state index contributed by atoms with van der Waals surface area (Å²) in [5.74, 6) is 0.606. The SMILES string of the molecule is Cc1cc(CS(=O)(=O)c2ccccc2)cc(OCc2ccc(CNC(C)c3ccncc3)cc2)c1. The van der Waals surface area contributed by atoms with Crippen molar-refractivity contribution in [2.75, 3.05) is 0 Å². The van der Waals surface area contributed by atoms with E-state index in [2.05, 4.69) is 41.5 Å². The predicted octanol–water partition coefficient (Wildman–Crippen LogP) is 5.79. The Labute approximate surface area is 207 Å². The summed E-state index contributed by atoms with van der Waals surface area (Å²) in [7, 11) is -3.41. The number of nitrogens with one attached hydrogen (secondary N) is 1. The smallest absolute Gasteiger partial charge is 0.182 e. The summed E-state index contributed by atoms with van der Waals surface area (Å²) >= 11 is 0. The highest BCUT2D eigenvalue weighted by Gasteiger charge is 2.16. The molecule has 0 saturated carbocycles. The Bertz CT molecular complexity index is 1340. The number of nitrogens with zero attached hydrogens (tertiary/aromatic N) is 1. The van der Waals surface area contributed by atoms with Gasteiger partial charge in [0.25, 0.3) is 0 Å². The van der Waals surface area contributed by atoms with Crippen molar-refractivity contribution in [3.05, 3.63) is 125 Å². The van der Waals surface area contributed by atoms with Crippen molar-refractivity contribution in [1.29, 1.82) is 0 Å². The molecular formula is C29H30N2O3S. The van der Waals surface area contributed by atoms with E-state index in [1.165, 1.54) is 11.1 Å². The Hall–Kier alpha value is -3.48. The van der Waals surface area contributed by atoms with Gasteiger partial charge in [-0.1, -0.05) is 48.5 Å². The van der Waals surface area contributed by atoms with E-state index < -0.39 is 9.84 Å². The van der Waals surface area contributed by atoms with Gasteiger partial charge in [-0.25, -0.2) is 8.42 Å². The van der Waals surface area contributed by atoms with Gasteiger partial charge in [0, 0.05) is 25.0 Å². The first-order valence-corrected chi connectivity index (χ1v) is 13.3. The van der Waals surface area contributed by atoms with E-state index in [4.69, 9.17) is 4.74 Å². The summed E-state index contributed by atoms with van der Waals surface area (Å²) in [6.45, 7) is 5.26. The third kappa shape index (κ3) is 7.01. The molecule has 35 heavy (non-hydrogen) atoms. The van der Waals surface area contributed by atoms with Gasteiger partial charge in [-0.15, -0.1) is 0 Å². The number of pyridine rings is 1. The quantitative estimate of drug-likeness (QED) is 0.307. The van der Waals surface area contributed by atoms with Crippen molar-refractivity contribution >= 4 is 9.84 Å². The summed E-state index contributed by atoms with van der Waals surface area (Å²) in [6.07, 6.45) is 3.61. The molecule has 1 aromatic heterocycles. The molecule has 0 radical (unpaired) electrons. The number of hydrogen-bond donors (Lipinski definition) is 1. The van der Waals surface area contributed by atoms with Crippen LogP contribution < -0.4 is 10.1 Å². The summed E-state index contributed by atoms with van der Waals surface area (Å²) < 4.78 is 31.5. The highest BCUT2D eigenvalue weighted by Crippen LogP contribution is 2.23. The monoisotopic (exact) mass is 486 g/mol. The maximum Gasteiger partial charge on any atom is 0.182 e. The number of rotatable bonds is 10. The lowest BCUT2D eigenvalue weighted by molar-refractivity contribution is 0.306. The number of aromatic nitrogens is 1. The molecule has 0 aliphatic heterocycles. The third-order valence-electron chi connectivity index (χ3n) is 5.82. The fraction of sp³-hybridized carbons (Fsp3) is 0.207. The molecule has 0 fully saturated rings. The van der Waals surface area contributed by atoms with Crippen molar-refractivity contribution in [1.82, 2.24) is 10.3 Å². The second kappa shape index (κ2) is 11.3. The van der Waals surface area contributed by atoms with E-state index in [1.807, 2.05) is 55.7 Å². The first-order chi connectivity index (χ1) is 16.9. The molecule has 6 heteroatoms. The standard InChI is InChI=1S/C29H30N2O3S/c1-22-16-26(21-35(32,33)29-6-4-3-5-7-29)18-28(17-22)34-20-25-10-8-24(9-11-25)19-31-23(2)27-12-14-30-15-13-27/h3-18,23,31H,19-21H2,1-2H3. The Kier molecular flexibility index (Phi) is 7.95. The number of ether oxygens (including phenoxy) is 1. The number of benzene rings is 3. The minimum atomic E-state index is -3.41. The first-order valence-electron chi connectivity index (χ1n) is 11.6. The van der Waals surface area contributed by atoms with Crippen LogP contribution in [0.1, 0.15) is 40.8 Å². The molecule has 0 aliphatic rings. The van der Waals surface area contributed by atoms with Gasteiger partial charge in [0.05, 0.1) is 10.6 Å². The van der Waals surface area contributed by atoms with Crippen LogP contribution in [0.4, 0.5) is 0 Å². The molecule has 0 saturated heterocycles. The minimum Gasteiger partial charge on any atom is -0.489 e. The van der Waals surface area contributed by atoms with Crippen LogP contribution in [0.3, 0.4) is 0 Å². The molecule has 0 spiro atoms. The minimum absolute atomic E-state index is 0.0608. The second-order valence-electron chi connectivity index (χ2n) is 8.71. The van der Waals surface area contributed by atoms with Gasteiger partial charge in [0.1, 0.15) is 12.4 Å². The molecule has 4 aromatic rings. The van der Waals surface area contributed by atoms with E-state index >= 15 is 0 Å². The normalized spacial score (nSPS) is 12.3. The topological polar surface area (TPSA) is 68.3 Å². The molecule has 0 bridgehead atoms. The molecule has 1 N–H and O–H groups in total. The molecular weight excluding hydrogens is 456 g/mol. The predicted molar refractivity (Wildman–Crippen MR) is 139 cm³/mol. The van der Waals surface area contributed by atoms with E-state index in [9.17, 15) is 8.42 Å². The van der Waals surface area contributed by atoms with Crippen LogP contribution in [0, 0.1) is 6.92 Å². The van der Waals surface area contributed by atoms with Crippen LogP contribution in [0.15, 0.2) is 102 Å². The van der Waals surface area contributed by atoms with Gasteiger partial charge < -0.3 is 10.1 Å². The Morgan fingerprint density at radius 3 is 2.26 bits per heavy atom. The largest absolute Gasteiger partial charge is 0.489 e. The third-order valence-corrected chi connectivity index (χ3v) is 7.52. The van der Waals surface area contributed by atoms with E-state index in [0.29, 0.717) is 22.8 Å². The lowest BCUT2D eigenvalue weighted by atomic mass is 10.1. The van der Waals surface area contributed by atoms with Gasteiger partial charge >= 0.3 is 0 Å². The molecule has 3 aromatic carbocycles. The zero-order chi connectivity index (χ0) is 24.7. The number of sulfone groups is 1. The average molecular weight is 487 g/mol. The van der Waals surface area contributed by atoms with Crippen LogP contribution >= 0.6 is 0 Å². The van der Waals surface area contributed by atoms with Crippen LogP contribution in [-0.2, 0) is 28.7 Å². The Morgan fingerprint density at radius 2 is 1.54 bits per heavy atom. The summed E-state index contributed by atoms with van der Waals surface area (Å²) in [5.41, 5.74) is 5.13. The average Bonchev–Trinajstić information content (AvgIpc) is 2.87. The van der Waals surface area contributed by atoms with E-state index in [0.717, 1.165) is 17.7 Å². The van der Waals surface area contributed by atoms with E-state index in [1.54, 1.807) is 24.3 Å². The lowest BCUT2D eigenvalue weighted by Gasteiger charge is -2.14. The number of aryl methyl sites for hydroxylation is 1. The van der Waals surface area contributed by atoms with Gasteiger partial charge in [-0.05, 0) is 78.1 Å². The van der Waals surface area contributed by atoms with Crippen molar-refractivity contribution in [3.8, 4) is 5.75 Å². The fourth-order valence-corrected chi connectivity index (χ4v) is 5.23. The van der Waals surface area contributed by atoms with Gasteiger partial charge in [0.15, 0.2) is 9.84 Å². The van der Waals surface area contributed by atoms with Crippen molar-refractivity contribution in [2.45, 2.75) is 43.7 Å². The zero-order valence-electron chi connectivity index (χ0n) is 20.0. The molecule has 4 rings (SSSR count). The first kappa shape index (κ1) is 24.6. The van der Waals surface area contributed by atoms with Crippen LogP contribution in [0.2, 0.25) is 0 Å². The Morgan fingerprint density at radius 1 is 0.857 bits per heavy atom. The molecule has 180 valence electrons. The highest BCUT2D eigenvalue weighted by molar-refractivity contribution is 7.90. The second-order valence-corrected chi connectivity index (χ2v) is 10.7. The summed E-state index contributed by atoms with van der Waals surface area (Å²) in [5, 5.41) is 3.53. The lowest BCUT2D eigenvalue weighted by Crippen LogP contribution is -2.18. The molecule has 0 aliphatic carbocycles. The van der Waals surface area contributed by atoms with Crippen LogP contribution in [0.5, 0.6) is 5.75 Å². The van der Waals surface area contributed by atoms with Crippen LogP contribution in [-0.4, -0.2) is 13.4 Å². The summed E-state index contributed by atoms with van der Waals surface area (Å²) in [6, 6.07) is 26.8. The maximum atomic E-state index is 12.8. The van der Waals surface area contributed by atoms with Crippen molar-refractivity contribution < 1.29 is 13.2 Å². The van der Waals surface area contributed by atoms with Gasteiger partial charge in [-0.3, -0.25) is 4.98 Å². The zero-order valence-corrected chi connectivity index (χ0v) is 20.8. The number of hydrogen-bond acceptors (Lipinski definition) is 5. The van der Waals surface area contributed by atoms with Gasteiger partial charge in [-0.2, -0.15) is 0 Å².